The Balaban J connectivity index is 1.13. The summed E-state index contributed by atoms with van der Waals surface area (Å²) >= 11 is 0. The molecule has 0 N–H and O–H groups in total. The second kappa shape index (κ2) is 10.6. The molecule has 2 aromatic heterocycles. The number of aromatic nitrogens is 2. The molecule has 3 heteroatoms. The van der Waals surface area contributed by atoms with Crippen molar-refractivity contribution in [2.45, 2.75) is 0 Å². The highest BCUT2D eigenvalue weighted by atomic mass is 28.3. The quantitative estimate of drug-likeness (QED) is 0.158. The molecule has 0 bridgehead atoms. The summed E-state index contributed by atoms with van der Waals surface area (Å²) in [6.07, 6.45) is 0. The Morgan fingerprint density at radius 3 is 1.33 bits per heavy atom. The van der Waals surface area contributed by atoms with E-state index in [9.17, 15) is 0 Å². The van der Waals surface area contributed by atoms with Crippen molar-refractivity contribution in [2.75, 3.05) is 0 Å². The molecule has 2 aliphatic rings. The zero-order chi connectivity index (χ0) is 35.8. The minimum atomic E-state index is -2.59. The fraction of sp³-hybridized carbons (Fsp3) is 0. The van der Waals surface area contributed by atoms with Crippen LogP contribution in [0.25, 0.3) is 88.0 Å². The smallest absolute Gasteiger partial charge is 0.182 e. The summed E-state index contributed by atoms with van der Waals surface area (Å²) in [6.45, 7) is 0. The van der Waals surface area contributed by atoms with E-state index < -0.39 is 8.07 Å². The Bertz CT molecular complexity index is 3390. The summed E-state index contributed by atoms with van der Waals surface area (Å²) in [5.74, 6) is 0. The second-order valence-corrected chi connectivity index (χ2v) is 18.9. The zero-order valence-electron chi connectivity index (χ0n) is 29.9. The normalized spacial score (nSPS) is 13.6. The predicted molar refractivity (Wildman–Crippen MR) is 234 cm³/mol. The summed E-state index contributed by atoms with van der Waals surface area (Å²) in [5.41, 5.74) is 12.8. The number of nitrogens with zero attached hydrogens (tertiary/aromatic N) is 2. The first-order valence-corrected chi connectivity index (χ1v) is 21.2. The number of hydrogen-bond donors (Lipinski definition) is 0. The lowest BCUT2D eigenvalue weighted by atomic mass is 10.1. The van der Waals surface area contributed by atoms with Crippen LogP contribution in [0.5, 0.6) is 0 Å². The van der Waals surface area contributed by atoms with Gasteiger partial charge in [-0.2, -0.15) is 0 Å². The molecule has 9 aromatic carbocycles. The van der Waals surface area contributed by atoms with Crippen LogP contribution in [0.1, 0.15) is 0 Å². The van der Waals surface area contributed by atoms with Crippen LogP contribution in [0.2, 0.25) is 0 Å². The number of benzene rings is 9. The minimum absolute atomic E-state index is 1.17. The molecule has 13 rings (SSSR count). The highest BCUT2D eigenvalue weighted by Gasteiger charge is 2.53. The molecular formula is C52H32N2Si. The largest absolute Gasteiger partial charge is 0.309 e. The van der Waals surface area contributed by atoms with E-state index in [-0.39, 0.29) is 0 Å². The van der Waals surface area contributed by atoms with Crippen LogP contribution in [0.4, 0.5) is 0 Å². The highest BCUT2D eigenvalue weighted by molar-refractivity contribution is 7.24. The van der Waals surface area contributed by atoms with Crippen molar-refractivity contribution in [3.8, 4) is 33.6 Å². The molecule has 0 atom stereocenters. The molecule has 1 spiro atoms. The monoisotopic (exact) mass is 712 g/mol. The van der Waals surface area contributed by atoms with E-state index in [0.717, 1.165) is 0 Å². The third kappa shape index (κ3) is 3.68. The van der Waals surface area contributed by atoms with Crippen molar-refractivity contribution in [3.05, 3.63) is 194 Å². The fourth-order valence-electron chi connectivity index (χ4n) is 10.5. The van der Waals surface area contributed by atoms with E-state index in [2.05, 4.69) is 203 Å². The molecule has 0 fully saturated rings. The third-order valence-corrected chi connectivity index (χ3v) is 17.6. The Morgan fingerprint density at radius 1 is 0.273 bits per heavy atom. The average molecular weight is 713 g/mol. The minimum Gasteiger partial charge on any atom is -0.309 e. The van der Waals surface area contributed by atoms with Gasteiger partial charge in [0.25, 0.3) is 0 Å². The number of rotatable bonds is 2. The van der Waals surface area contributed by atoms with Gasteiger partial charge in [0, 0.05) is 32.9 Å². The number of hydrogen-bond acceptors (Lipinski definition) is 0. The number of para-hydroxylation sites is 2. The van der Waals surface area contributed by atoms with Gasteiger partial charge in [-0.3, -0.25) is 0 Å². The molecule has 0 saturated heterocycles. The van der Waals surface area contributed by atoms with Crippen molar-refractivity contribution in [1.29, 1.82) is 0 Å². The van der Waals surface area contributed by atoms with Gasteiger partial charge < -0.3 is 9.13 Å². The van der Waals surface area contributed by atoms with E-state index in [1.165, 1.54) is 109 Å². The van der Waals surface area contributed by atoms with Crippen LogP contribution >= 0.6 is 0 Å². The Labute approximate surface area is 318 Å². The van der Waals surface area contributed by atoms with E-state index in [4.69, 9.17) is 0 Å². The zero-order valence-corrected chi connectivity index (χ0v) is 30.9. The number of fused-ring (bicyclic) bond motifs is 17. The molecule has 11 aromatic rings. The van der Waals surface area contributed by atoms with Crippen molar-refractivity contribution in [1.82, 2.24) is 9.13 Å². The topological polar surface area (TPSA) is 9.86 Å². The van der Waals surface area contributed by atoms with Crippen molar-refractivity contribution in [3.63, 3.8) is 0 Å². The van der Waals surface area contributed by atoms with Crippen molar-refractivity contribution in [2.24, 2.45) is 0 Å². The SMILES string of the molecule is c1ccc2c(c1)-c1ccccc1[Si]21c2ccccc2-c2ccc(-n3c4ccccc4c4cc5c6ccccc6n(-c6ccc7ccccc7c6)c5cc43)cc21. The molecule has 4 heterocycles. The molecule has 0 amide bonds. The van der Waals surface area contributed by atoms with Gasteiger partial charge in [-0.25, -0.2) is 0 Å². The molecule has 0 radical (unpaired) electrons. The van der Waals surface area contributed by atoms with Crippen LogP contribution in [0.3, 0.4) is 0 Å². The van der Waals surface area contributed by atoms with Crippen molar-refractivity contribution < 1.29 is 0 Å². The molecule has 2 nitrogen and oxygen atoms in total. The van der Waals surface area contributed by atoms with E-state index in [0.29, 0.717) is 0 Å². The summed E-state index contributed by atoms with van der Waals surface area (Å²) in [6, 6.07) is 73.2. The van der Waals surface area contributed by atoms with Gasteiger partial charge >= 0.3 is 0 Å². The predicted octanol–water partition coefficient (Wildman–Crippen LogP) is 10.4. The maximum atomic E-state index is 2.56. The van der Waals surface area contributed by atoms with Crippen LogP contribution in [-0.4, -0.2) is 17.2 Å². The van der Waals surface area contributed by atoms with Gasteiger partial charge in [0.05, 0.1) is 22.1 Å². The van der Waals surface area contributed by atoms with Gasteiger partial charge in [-0.05, 0) is 102 Å². The standard InChI is InChI=1S/C52H32N2Si/c1-2-14-34-29-35(26-25-33(34)13-1)53-45-20-8-3-15-37(45)43-31-44-38-16-4-9-21-46(38)54(48(44)32-47(43)53)36-27-28-42-41-19-7-12-24-51(41)55(52(42)30-36)49-22-10-5-17-39(49)40-18-6-11-23-50(40)55/h1-32H. The van der Waals surface area contributed by atoms with Gasteiger partial charge in [-0.1, -0.05) is 146 Å². The van der Waals surface area contributed by atoms with Crippen molar-refractivity contribution >= 4 is 83.2 Å². The molecule has 254 valence electrons. The van der Waals surface area contributed by atoms with Gasteiger partial charge in [0.1, 0.15) is 0 Å². The summed E-state index contributed by atoms with van der Waals surface area (Å²) < 4.78 is 5.00. The highest BCUT2D eigenvalue weighted by Crippen LogP contribution is 2.41. The summed E-state index contributed by atoms with van der Waals surface area (Å²) in [4.78, 5) is 0. The lowest BCUT2D eigenvalue weighted by molar-refractivity contribution is 1.17. The molecule has 0 saturated carbocycles. The molecule has 2 aliphatic heterocycles. The molecular weight excluding hydrogens is 681 g/mol. The fourth-order valence-corrected chi connectivity index (χ4v) is 16.2. The first-order valence-electron chi connectivity index (χ1n) is 19.2. The van der Waals surface area contributed by atoms with Gasteiger partial charge in [-0.15, -0.1) is 0 Å². The Morgan fingerprint density at radius 2 is 0.727 bits per heavy atom. The van der Waals surface area contributed by atoms with Crippen LogP contribution in [-0.2, 0) is 0 Å². The van der Waals surface area contributed by atoms with Gasteiger partial charge in [0.15, 0.2) is 8.07 Å². The molecule has 0 unspecified atom stereocenters. The molecule has 55 heavy (non-hydrogen) atoms. The first-order chi connectivity index (χ1) is 27.3. The Hall–Kier alpha value is -6.94. The van der Waals surface area contributed by atoms with E-state index >= 15 is 0 Å². The van der Waals surface area contributed by atoms with Crippen LogP contribution in [0.15, 0.2) is 194 Å². The van der Waals surface area contributed by atoms with E-state index in [1.807, 2.05) is 0 Å². The molecule has 0 aliphatic carbocycles. The summed E-state index contributed by atoms with van der Waals surface area (Å²) in [5, 5.41) is 13.6. The maximum absolute atomic E-state index is 2.59. The lowest BCUT2D eigenvalue weighted by Crippen LogP contribution is -2.70. The average Bonchev–Trinajstić information content (AvgIpc) is 3.94. The van der Waals surface area contributed by atoms with Crippen LogP contribution in [0, 0.1) is 0 Å². The van der Waals surface area contributed by atoms with E-state index in [1.54, 1.807) is 0 Å². The first kappa shape index (κ1) is 29.5. The van der Waals surface area contributed by atoms with Crippen LogP contribution < -0.4 is 20.7 Å². The maximum Gasteiger partial charge on any atom is 0.182 e. The Kier molecular flexibility index (Phi) is 5.68. The van der Waals surface area contributed by atoms with Gasteiger partial charge in [0.2, 0.25) is 0 Å². The third-order valence-electron chi connectivity index (χ3n) is 12.7. The lowest BCUT2D eigenvalue weighted by Gasteiger charge is -2.28. The summed E-state index contributed by atoms with van der Waals surface area (Å²) in [7, 11) is -2.59. The second-order valence-electron chi connectivity index (χ2n) is 15.2.